The number of halogens is 1. The zero-order valence-electron chi connectivity index (χ0n) is 17.9. The third kappa shape index (κ3) is 7.80. The molecule has 3 aromatic rings. The van der Waals surface area contributed by atoms with Crippen molar-refractivity contribution in [3.05, 3.63) is 47.9 Å². The Morgan fingerprint density at radius 3 is 2.53 bits per heavy atom. The lowest BCUT2D eigenvalue weighted by Crippen LogP contribution is -1.92. The third-order valence-corrected chi connectivity index (χ3v) is 7.24. The van der Waals surface area contributed by atoms with E-state index >= 15 is 0 Å². The summed E-state index contributed by atoms with van der Waals surface area (Å²) in [6, 6.07) is 10.3. The highest BCUT2D eigenvalue weighted by Crippen LogP contribution is 2.31. The summed E-state index contributed by atoms with van der Waals surface area (Å²) in [5.41, 5.74) is 3.41. The molecule has 0 saturated carbocycles. The monoisotopic (exact) mass is 465 g/mol. The zero-order valence-corrected chi connectivity index (χ0v) is 20.3. The van der Waals surface area contributed by atoms with Crippen LogP contribution in [0.25, 0.3) is 11.0 Å². The molecule has 4 nitrogen and oxygen atoms in total. The maximum atomic E-state index is 5.10. The quantitative estimate of drug-likeness (QED) is 0.216. The molecule has 0 bridgehead atoms. The zero-order chi connectivity index (χ0) is 20.3. The predicted molar refractivity (Wildman–Crippen MR) is 132 cm³/mol. The number of aromatic nitrogens is 3. The molecule has 0 atom stereocenters. The Kier molecular flexibility index (Phi) is 11.7. The lowest BCUT2D eigenvalue weighted by atomic mass is 10.1. The first-order valence-electron chi connectivity index (χ1n) is 10.4. The lowest BCUT2D eigenvalue weighted by Gasteiger charge is -2.09. The second-order valence-corrected chi connectivity index (χ2v) is 9.29. The highest BCUT2D eigenvalue weighted by Gasteiger charge is 2.09. The number of unbranched alkanes of at least 4 members (excludes halogenated alkanes) is 5. The summed E-state index contributed by atoms with van der Waals surface area (Å²) in [7, 11) is 1.78. The Balaban J connectivity index is 0.00000320. The number of para-hydroxylation sites is 2. The summed E-state index contributed by atoms with van der Waals surface area (Å²) in [5, 5.41) is 1.11. The summed E-state index contributed by atoms with van der Waals surface area (Å²) >= 11 is 3.72. The number of pyridine rings is 1. The van der Waals surface area contributed by atoms with Crippen LogP contribution in [0.5, 0.6) is 0 Å². The molecule has 0 aliphatic carbocycles. The molecule has 3 rings (SSSR count). The van der Waals surface area contributed by atoms with Crippen LogP contribution >= 0.6 is 35.9 Å². The number of methoxy groups -OCH3 is 1. The number of benzene rings is 1. The molecule has 0 saturated heterocycles. The van der Waals surface area contributed by atoms with Gasteiger partial charge >= 0.3 is 0 Å². The first kappa shape index (κ1) is 25.1. The summed E-state index contributed by atoms with van der Waals surface area (Å²) in [6.45, 7) is 3.08. The number of hydrogen-bond donors (Lipinski definition) is 1. The summed E-state index contributed by atoms with van der Waals surface area (Å²) < 4.78 is 5.10. The number of nitrogens with one attached hydrogen (secondary N) is 1. The molecule has 0 fully saturated rings. The Labute approximate surface area is 194 Å². The van der Waals surface area contributed by atoms with Gasteiger partial charge in [0.2, 0.25) is 0 Å². The van der Waals surface area contributed by atoms with E-state index in [2.05, 4.69) is 34.0 Å². The first-order valence-corrected chi connectivity index (χ1v) is 12.4. The molecule has 0 amide bonds. The number of H-pyrrole nitrogens is 1. The van der Waals surface area contributed by atoms with Crippen molar-refractivity contribution < 1.29 is 4.74 Å². The molecule has 0 radical (unpaired) electrons. The topological polar surface area (TPSA) is 50.8 Å². The van der Waals surface area contributed by atoms with Crippen LogP contribution in [0.3, 0.4) is 0 Å². The van der Waals surface area contributed by atoms with Crippen molar-refractivity contribution in [2.75, 3.05) is 19.5 Å². The maximum Gasteiger partial charge on any atom is 0.117 e. The number of rotatable bonds is 13. The van der Waals surface area contributed by atoms with E-state index in [9.17, 15) is 0 Å². The van der Waals surface area contributed by atoms with Crippen molar-refractivity contribution >= 4 is 47.0 Å². The molecular formula is C23H32ClN3OS2. The van der Waals surface area contributed by atoms with E-state index in [0.29, 0.717) is 0 Å². The third-order valence-electron chi connectivity index (χ3n) is 4.89. The predicted octanol–water partition coefficient (Wildman–Crippen LogP) is 7.06. The fourth-order valence-corrected chi connectivity index (χ4v) is 5.23. The van der Waals surface area contributed by atoms with Crippen LogP contribution < -0.4 is 0 Å². The second-order valence-electron chi connectivity index (χ2n) is 7.19. The van der Waals surface area contributed by atoms with Crippen LogP contribution in [0.15, 0.2) is 46.5 Å². The van der Waals surface area contributed by atoms with Gasteiger partial charge in [-0.05, 0) is 49.3 Å². The minimum Gasteiger partial charge on any atom is -0.385 e. The van der Waals surface area contributed by atoms with Gasteiger partial charge < -0.3 is 9.72 Å². The summed E-state index contributed by atoms with van der Waals surface area (Å²) in [4.78, 5) is 14.0. The first-order chi connectivity index (χ1) is 14.3. The van der Waals surface area contributed by atoms with Crippen LogP contribution in [0.4, 0.5) is 0 Å². The average molecular weight is 466 g/mol. The average Bonchev–Trinajstić information content (AvgIpc) is 3.16. The SMILES string of the molecule is COCCCCCCCCSc1ccnc(SCc2nc3ccccc3[nH]2)c1C.Cl. The number of thioether (sulfide) groups is 2. The molecule has 0 aliphatic heterocycles. The van der Waals surface area contributed by atoms with E-state index < -0.39 is 0 Å². The fraction of sp³-hybridized carbons (Fsp3) is 0.478. The van der Waals surface area contributed by atoms with Crippen molar-refractivity contribution in [3.63, 3.8) is 0 Å². The van der Waals surface area contributed by atoms with Gasteiger partial charge in [-0.25, -0.2) is 9.97 Å². The minimum atomic E-state index is 0. The van der Waals surface area contributed by atoms with Crippen molar-refractivity contribution in [2.24, 2.45) is 0 Å². The van der Waals surface area contributed by atoms with Crippen molar-refractivity contribution in [1.82, 2.24) is 15.0 Å². The van der Waals surface area contributed by atoms with E-state index in [1.165, 1.54) is 54.7 Å². The fourth-order valence-electron chi connectivity index (χ4n) is 3.25. The van der Waals surface area contributed by atoms with E-state index in [0.717, 1.165) is 34.2 Å². The number of hydrogen-bond acceptors (Lipinski definition) is 5. The summed E-state index contributed by atoms with van der Waals surface area (Å²) in [6.07, 6.45) is 9.66. The lowest BCUT2D eigenvalue weighted by molar-refractivity contribution is 0.192. The highest BCUT2D eigenvalue weighted by molar-refractivity contribution is 7.99. The van der Waals surface area contributed by atoms with E-state index in [-0.39, 0.29) is 12.4 Å². The molecule has 0 spiro atoms. The van der Waals surface area contributed by atoms with Gasteiger partial charge in [0.05, 0.1) is 16.8 Å². The molecule has 0 aliphatic rings. The van der Waals surface area contributed by atoms with Gasteiger partial charge in [-0.2, -0.15) is 0 Å². The van der Waals surface area contributed by atoms with Crippen LogP contribution in [0.2, 0.25) is 0 Å². The highest BCUT2D eigenvalue weighted by atomic mass is 35.5. The number of nitrogens with zero attached hydrogens (tertiary/aromatic N) is 2. The number of aromatic amines is 1. The molecule has 1 N–H and O–H groups in total. The molecule has 164 valence electrons. The van der Waals surface area contributed by atoms with Gasteiger partial charge in [0.15, 0.2) is 0 Å². The van der Waals surface area contributed by atoms with Crippen molar-refractivity contribution in [3.8, 4) is 0 Å². The van der Waals surface area contributed by atoms with Gasteiger partial charge in [0.1, 0.15) is 10.9 Å². The van der Waals surface area contributed by atoms with Crippen LogP contribution in [-0.2, 0) is 10.5 Å². The molecule has 1 aromatic carbocycles. The second kappa shape index (κ2) is 14.0. The van der Waals surface area contributed by atoms with E-state index in [1.807, 2.05) is 36.2 Å². The van der Waals surface area contributed by atoms with Gasteiger partial charge in [0, 0.05) is 24.8 Å². The van der Waals surface area contributed by atoms with Crippen LogP contribution in [0.1, 0.15) is 49.9 Å². The van der Waals surface area contributed by atoms with Gasteiger partial charge in [-0.15, -0.1) is 24.2 Å². The van der Waals surface area contributed by atoms with Crippen molar-refractivity contribution in [1.29, 1.82) is 0 Å². The Morgan fingerprint density at radius 2 is 1.73 bits per heavy atom. The molecular weight excluding hydrogens is 434 g/mol. The van der Waals surface area contributed by atoms with Gasteiger partial charge in [-0.3, -0.25) is 0 Å². The van der Waals surface area contributed by atoms with Crippen LogP contribution in [-0.4, -0.2) is 34.4 Å². The van der Waals surface area contributed by atoms with E-state index in [4.69, 9.17) is 4.74 Å². The largest absolute Gasteiger partial charge is 0.385 e. The smallest absolute Gasteiger partial charge is 0.117 e. The Morgan fingerprint density at radius 1 is 0.967 bits per heavy atom. The molecule has 2 aromatic heterocycles. The molecule has 30 heavy (non-hydrogen) atoms. The molecule has 0 unspecified atom stereocenters. The number of fused-ring (bicyclic) bond motifs is 1. The van der Waals surface area contributed by atoms with Gasteiger partial charge in [-0.1, -0.05) is 49.6 Å². The Hall–Kier alpha value is -1.21. The summed E-state index contributed by atoms with van der Waals surface area (Å²) in [5.74, 6) is 2.98. The van der Waals surface area contributed by atoms with Crippen LogP contribution in [0, 0.1) is 6.92 Å². The number of ether oxygens (including phenoxy) is 1. The Bertz CT molecular complexity index is 855. The normalized spacial score (nSPS) is 11.0. The molecule has 7 heteroatoms. The number of imidazole rings is 1. The maximum absolute atomic E-state index is 5.10. The minimum absolute atomic E-state index is 0. The molecule has 2 heterocycles. The standard InChI is InChI=1S/C23H31N3OS2.ClH/c1-18-21(28-16-10-6-4-3-5-9-15-27-2)13-14-24-23(18)29-17-22-25-19-11-7-8-12-20(19)26-22;/h7-8,11-14H,3-6,9-10,15-17H2,1-2H3,(H,25,26);1H. The van der Waals surface area contributed by atoms with E-state index in [1.54, 1.807) is 18.9 Å². The van der Waals surface area contributed by atoms with Gasteiger partial charge in [0.25, 0.3) is 0 Å². The van der Waals surface area contributed by atoms with Crippen molar-refractivity contribution in [2.45, 2.75) is 61.1 Å².